The fraction of sp³-hybridized carbons (Fsp3) is 0.182. The third-order valence-electron chi connectivity index (χ3n) is 5.09. The van der Waals surface area contributed by atoms with Crippen LogP contribution in [0.2, 0.25) is 0 Å². The smallest absolute Gasteiger partial charge is 0.273 e. The van der Waals surface area contributed by atoms with Crippen molar-refractivity contribution in [2.24, 2.45) is 0 Å². The molecule has 1 N–H and O–H groups in total. The number of rotatable bonds is 8. The van der Waals surface area contributed by atoms with Crippen molar-refractivity contribution in [1.82, 2.24) is 19.2 Å². The van der Waals surface area contributed by atoms with Crippen molar-refractivity contribution < 1.29 is 18.7 Å². The van der Waals surface area contributed by atoms with Gasteiger partial charge in [0.1, 0.15) is 22.0 Å². The zero-order valence-electron chi connectivity index (χ0n) is 18.2. The number of carbonyl (C=O) groups is 1. The second kappa shape index (κ2) is 9.23. The number of aromatic nitrogens is 4. The van der Waals surface area contributed by atoms with Crippen LogP contribution in [0.5, 0.6) is 11.5 Å². The minimum atomic E-state index is -0.251. The first-order valence-electron chi connectivity index (χ1n) is 10.1. The van der Waals surface area contributed by atoms with Gasteiger partial charge >= 0.3 is 0 Å². The molecule has 5 rings (SSSR count). The highest BCUT2D eigenvalue weighted by atomic mass is 32.2. The first-order valence-corrected chi connectivity index (χ1v) is 12.0. The van der Waals surface area contributed by atoms with Gasteiger partial charge in [-0.2, -0.15) is 0 Å². The van der Waals surface area contributed by atoms with Crippen LogP contribution in [-0.4, -0.2) is 45.0 Å². The zero-order chi connectivity index (χ0) is 23.7. The number of fused-ring (bicyclic) bond motifs is 3. The molecule has 0 atom stereocenters. The molecule has 34 heavy (non-hydrogen) atoms. The molecule has 0 fully saturated rings. The van der Waals surface area contributed by atoms with Crippen molar-refractivity contribution in [2.75, 3.05) is 25.3 Å². The zero-order valence-corrected chi connectivity index (χ0v) is 19.8. The van der Waals surface area contributed by atoms with E-state index in [0.717, 1.165) is 0 Å². The fourth-order valence-electron chi connectivity index (χ4n) is 3.52. The van der Waals surface area contributed by atoms with Gasteiger partial charge in [0.2, 0.25) is 11.7 Å². The summed E-state index contributed by atoms with van der Waals surface area (Å²) in [6.45, 7) is 0.224. The molecule has 4 aromatic heterocycles. The third-order valence-corrected chi connectivity index (χ3v) is 6.91. The van der Waals surface area contributed by atoms with Crippen LogP contribution >= 0.6 is 23.1 Å². The molecule has 0 aliphatic rings. The van der Waals surface area contributed by atoms with E-state index in [4.69, 9.17) is 13.9 Å². The largest absolute Gasteiger partial charge is 0.497 e. The summed E-state index contributed by atoms with van der Waals surface area (Å²) in [5, 5.41) is 13.7. The lowest BCUT2D eigenvalue weighted by atomic mass is 10.2. The van der Waals surface area contributed by atoms with Gasteiger partial charge in [0, 0.05) is 6.07 Å². The second-order valence-electron chi connectivity index (χ2n) is 7.13. The van der Waals surface area contributed by atoms with Crippen molar-refractivity contribution in [3.8, 4) is 11.5 Å². The molecule has 1 aromatic carbocycles. The normalized spacial score (nSPS) is 11.2. The molecular weight excluding hydrogens is 478 g/mol. The minimum absolute atomic E-state index is 0.0735. The van der Waals surface area contributed by atoms with Gasteiger partial charge in [-0.05, 0) is 35.7 Å². The first kappa shape index (κ1) is 22.0. The molecule has 0 spiro atoms. The Morgan fingerprint density at radius 3 is 2.85 bits per heavy atom. The van der Waals surface area contributed by atoms with Gasteiger partial charge in [-0.1, -0.05) is 11.8 Å². The average Bonchev–Trinajstić information content (AvgIpc) is 3.61. The van der Waals surface area contributed by atoms with Gasteiger partial charge in [0.05, 0.1) is 44.0 Å². The van der Waals surface area contributed by atoms with E-state index in [0.29, 0.717) is 44.1 Å². The molecule has 4 heterocycles. The molecule has 0 bridgehead atoms. The summed E-state index contributed by atoms with van der Waals surface area (Å²) in [4.78, 5) is 25.8. The lowest BCUT2D eigenvalue weighted by Gasteiger charge is -2.11. The number of hydrogen-bond acceptors (Lipinski definition) is 9. The monoisotopic (exact) mass is 497 g/mol. The SMILES string of the molecule is COc1ccc(OC)c(NC(=O)CSc2nnc3n(Cc4ccco4)c(=O)c4sccc4n23)c1. The Bertz CT molecular complexity index is 1540. The van der Waals surface area contributed by atoms with Crippen LogP contribution in [0.4, 0.5) is 5.69 Å². The number of ether oxygens (including phenoxy) is 2. The van der Waals surface area contributed by atoms with E-state index in [9.17, 15) is 9.59 Å². The van der Waals surface area contributed by atoms with Crippen LogP contribution in [0, 0.1) is 0 Å². The molecule has 0 aliphatic carbocycles. The van der Waals surface area contributed by atoms with E-state index in [1.165, 1.54) is 34.8 Å². The predicted molar refractivity (Wildman–Crippen MR) is 129 cm³/mol. The van der Waals surface area contributed by atoms with E-state index in [2.05, 4.69) is 15.5 Å². The average molecular weight is 498 g/mol. The number of methoxy groups -OCH3 is 2. The Balaban J connectivity index is 1.43. The summed E-state index contributed by atoms with van der Waals surface area (Å²) >= 11 is 2.57. The van der Waals surface area contributed by atoms with Crippen molar-refractivity contribution in [2.45, 2.75) is 11.7 Å². The predicted octanol–water partition coefficient (Wildman–Crippen LogP) is 3.50. The maximum absolute atomic E-state index is 13.1. The van der Waals surface area contributed by atoms with Gasteiger partial charge in [0.25, 0.3) is 5.56 Å². The van der Waals surface area contributed by atoms with Crippen molar-refractivity contribution in [1.29, 1.82) is 0 Å². The number of anilines is 1. The van der Waals surface area contributed by atoms with Gasteiger partial charge < -0.3 is 19.2 Å². The van der Waals surface area contributed by atoms with E-state index in [1.807, 2.05) is 11.4 Å². The topological polar surface area (TPSA) is 113 Å². The molecule has 0 radical (unpaired) electrons. The Kier molecular flexibility index (Phi) is 5.99. The number of benzene rings is 1. The Hall–Kier alpha value is -3.77. The Labute approximate surface area is 201 Å². The highest BCUT2D eigenvalue weighted by Gasteiger charge is 2.19. The maximum Gasteiger partial charge on any atom is 0.273 e. The van der Waals surface area contributed by atoms with E-state index in [1.54, 1.807) is 48.1 Å². The summed E-state index contributed by atoms with van der Waals surface area (Å²) in [5.41, 5.74) is 1.04. The van der Waals surface area contributed by atoms with Crippen LogP contribution in [0.1, 0.15) is 5.76 Å². The molecule has 0 aliphatic heterocycles. The van der Waals surface area contributed by atoms with E-state index in [-0.39, 0.29) is 23.8 Å². The van der Waals surface area contributed by atoms with Gasteiger partial charge in [0.15, 0.2) is 5.16 Å². The number of furan rings is 1. The Morgan fingerprint density at radius 2 is 2.09 bits per heavy atom. The highest BCUT2D eigenvalue weighted by Crippen LogP contribution is 2.30. The Morgan fingerprint density at radius 1 is 1.21 bits per heavy atom. The standard InChI is InChI=1S/C22H19N5O5S2/c1-30-13-5-6-17(31-2)15(10-13)23-18(28)12-34-22-25-24-21-26(11-14-4-3-8-32-14)20(29)19-16(27(21)22)7-9-33-19/h3-10H,11-12H2,1-2H3,(H,23,28). The quantitative estimate of drug-likeness (QED) is 0.324. The molecule has 12 heteroatoms. The summed E-state index contributed by atoms with van der Waals surface area (Å²) < 4.78 is 19.9. The molecular formula is C22H19N5O5S2. The molecule has 10 nitrogen and oxygen atoms in total. The van der Waals surface area contributed by atoms with Crippen LogP contribution in [-0.2, 0) is 11.3 Å². The summed E-state index contributed by atoms with van der Waals surface area (Å²) in [6.07, 6.45) is 1.56. The first-order chi connectivity index (χ1) is 16.6. The molecule has 5 aromatic rings. The van der Waals surface area contributed by atoms with Crippen molar-refractivity contribution in [3.63, 3.8) is 0 Å². The van der Waals surface area contributed by atoms with Crippen molar-refractivity contribution >= 4 is 50.7 Å². The van der Waals surface area contributed by atoms with E-state index < -0.39 is 0 Å². The number of hydrogen-bond donors (Lipinski definition) is 1. The molecule has 0 saturated heterocycles. The molecule has 0 saturated carbocycles. The third kappa shape index (κ3) is 4.01. The van der Waals surface area contributed by atoms with E-state index >= 15 is 0 Å². The highest BCUT2D eigenvalue weighted by molar-refractivity contribution is 7.99. The maximum atomic E-state index is 13.1. The summed E-state index contributed by atoms with van der Waals surface area (Å²) in [6, 6.07) is 10.6. The van der Waals surface area contributed by atoms with Gasteiger partial charge in [-0.15, -0.1) is 21.5 Å². The van der Waals surface area contributed by atoms with Crippen molar-refractivity contribution in [3.05, 3.63) is 64.2 Å². The number of nitrogens with one attached hydrogen (secondary N) is 1. The number of thioether (sulfide) groups is 1. The van der Waals surface area contributed by atoms with Gasteiger partial charge in [-0.25, -0.2) is 0 Å². The fourth-order valence-corrected chi connectivity index (χ4v) is 5.09. The lowest BCUT2D eigenvalue weighted by molar-refractivity contribution is -0.113. The molecule has 1 amide bonds. The summed E-state index contributed by atoms with van der Waals surface area (Å²) in [7, 11) is 3.08. The van der Waals surface area contributed by atoms with Crippen LogP contribution in [0.25, 0.3) is 16.0 Å². The lowest BCUT2D eigenvalue weighted by Crippen LogP contribution is -2.23. The number of thiophene rings is 1. The van der Waals surface area contributed by atoms with Crippen LogP contribution < -0.4 is 20.3 Å². The summed E-state index contributed by atoms with van der Waals surface area (Å²) in [5.74, 6) is 1.95. The number of carbonyl (C=O) groups excluding carboxylic acids is 1. The molecule has 0 unspecified atom stereocenters. The number of nitrogens with zero attached hydrogens (tertiary/aromatic N) is 4. The van der Waals surface area contributed by atoms with Crippen LogP contribution in [0.15, 0.2) is 62.4 Å². The van der Waals surface area contributed by atoms with Crippen LogP contribution in [0.3, 0.4) is 0 Å². The molecule has 174 valence electrons. The minimum Gasteiger partial charge on any atom is -0.497 e. The van der Waals surface area contributed by atoms with Gasteiger partial charge in [-0.3, -0.25) is 18.6 Å². The number of amides is 1. The second-order valence-corrected chi connectivity index (χ2v) is 8.99.